The van der Waals surface area contributed by atoms with Crippen molar-refractivity contribution >= 4 is 17.4 Å². The minimum absolute atomic E-state index is 0.105. The van der Waals surface area contributed by atoms with Crippen molar-refractivity contribution in [1.82, 2.24) is 15.3 Å². The first-order valence-corrected chi connectivity index (χ1v) is 7.90. The minimum Gasteiger partial charge on any atom is -0.316 e. The fourth-order valence-electron chi connectivity index (χ4n) is 2.77. The van der Waals surface area contributed by atoms with E-state index in [1.54, 1.807) is 18.6 Å². The van der Waals surface area contributed by atoms with Crippen LogP contribution < -0.4 is 5.32 Å². The van der Waals surface area contributed by atoms with Gasteiger partial charge in [-0.3, -0.25) is 14.8 Å². The first kappa shape index (κ1) is 15.1. The summed E-state index contributed by atoms with van der Waals surface area (Å²) in [4.78, 5) is 20.8. The van der Waals surface area contributed by atoms with Crippen molar-refractivity contribution in [2.45, 2.75) is 19.3 Å². The smallest absolute Gasteiger partial charge is 0.143 e. The van der Waals surface area contributed by atoms with Gasteiger partial charge in [0.05, 0.1) is 5.02 Å². The highest BCUT2D eigenvalue weighted by Crippen LogP contribution is 2.27. The zero-order valence-corrected chi connectivity index (χ0v) is 13.0. The van der Waals surface area contributed by atoms with E-state index in [0.717, 1.165) is 42.8 Å². The van der Waals surface area contributed by atoms with Crippen LogP contribution in [0.3, 0.4) is 0 Å². The Morgan fingerprint density at radius 3 is 3.05 bits per heavy atom. The van der Waals surface area contributed by atoms with Crippen molar-refractivity contribution in [2.24, 2.45) is 5.92 Å². The summed E-state index contributed by atoms with van der Waals surface area (Å²) in [7, 11) is 0. The number of pyridine rings is 2. The van der Waals surface area contributed by atoms with Crippen molar-refractivity contribution in [3.8, 4) is 11.1 Å². The SMILES string of the molecule is O=C(Cc1cc(-c2cccnc2)c(Cl)cn1)[C@@H]1CCCNC1. The number of aromatic nitrogens is 2. The number of hydrogen-bond acceptors (Lipinski definition) is 4. The Bertz CT molecular complexity index is 654. The van der Waals surface area contributed by atoms with Gasteiger partial charge < -0.3 is 5.32 Å². The number of ketones is 1. The molecule has 1 atom stereocenters. The molecule has 1 aliphatic heterocycles. The molecule has 2 aromatic heterocycles. The van der Waals surface area contributed by atoms with Gasteiger partial charge in [0.1, 0.15) is 5.78 Å². The maximum Gasteiger partial charge on any atom is 0.143 e. The summed E-state index contributed by atoms with van der Waals surface area (Å²) in [6.45, 7) is 1.79. The number of nitrogens with one attached hydrogen (secondary N) is 1. The average molecular weight is 316 g/mol. The molecule has 1 saturated heterocycles. The van der Waals surface area contributed by atoms with Crippen LogP contribution in [-0.2, 0) is 11.2 Å². The van der Waals surface area contributed by atoms with Gasteiger partial charge in [-0.2, -0.15) is 0 Å². The van der Waals surface area contributed by atoms with E-state index in [2.05, 4.69) is 15.3 Å². The van der Waals surface area contributed by atoms with Crippen LogP contribution in [-0.4, -0.2) is 28.8 Å². The van der Waals surface area contributed by atoms with Crippen molar-refractivity contribution in [1.29, 1.82) is 0 Å². The molecular formula is C17H18ClN3O. The molecule has 114 valence electrons. The van der Waals surface area contributed by atoms with E-state index in [0.29, 0.717) is 11.4 Å². The number of halogens is 1. The monoisotopic (exact) mass is 315 g/mol. The summed E-state index contributed by atoms with van der Waals surface area (Å²) >= 11 is 6.23. The zero-order valence-electron chi connectivity index (χ0n) is 12.3. The second-order valence-corrected chi connectivity index (χ2v) is 5.99. The third-order valence-corrected chi connectivity index (χ3v) is 4.29. The molecule has 0 spiro atoms. The maximum atomic E-state index is 12.4. The van der Waals surface area contributed by atoms with Gasteiger partial charge in [-0.05, 0) is 31.5 Å². The molecule has 0 radical (unpaired) electrons. The number of Topliss-reactive ketones (excluding diaryl/α,β-unsaturated/α-hetero) is 1. The number of piperidine rings is 1. The van der Waals surface area contributed by atoms with E-state index >= 15 is 0 Å². The lowest BCUT2D eigenvalue weighted by Crippen LogP contribution is -2.35. The van der Waals surface area contributed by atoms with Crippen LogP contribution in [0, 0.1) is 5.92 Å². The summed E-state index contributed by atoms with van der Waals surface area (Å²) in [5.74, 6) is 0.354. The van der Waals surface area contributed by atoms with Gasteiger partial charge in [0, 0.05) is 54.3 Å². The van der Waals surface area contributed by atoms with Crippen LogP contribution in [0.4, 0.5) is 0 Å². The van der Waals surface area contributed by atoms with Gasteiger partial charge in [0.15, 0.2) is 0 Å². The fraction of sp³-hybridized carbons (Fsp3) is 0.353. The van der Waals surface area contributed by atoms with Gasteiger partial charge in [0.25, 0.3) is 0 Å². The normalized spacial score (nSPS) is 18.1. The maximum absolute atomic E-state index is 12.4. The fourth-order valence-corrected chi connectivity index (χ4v) is 2.98. The van der Waals surface area contributed by atoms with E-state index in [1.165, 1.54) is 0 Å². The molecule has 1 fully saturated rings. The molecule has 0 saturated carbocycles. The summed E-state index contributed by atoms with van der Waals surface area (Å²) in [5.41, 5.74) is 2.57. The van der Waals surface area contributed by atoms with E-state index in [1.807, 2.05) is 18.2 Å². The minimum atomic E-state index is 0.105. The number of hydrogen-bond donors (Lipinski definition) is 1. The van der Waals surface area contributed by atoms with Gasteiger partial charge in [0.2, 0.25) is 0 Å². The predicted octanol–water partition coefficient (Wildman–Crippen LogP) is 2.91. The van der Waals surface area contributed by atoms with Crippen LogP contribution in [0.15, 0.2) is 36.8 Å². The average Bonchev–Trinajstić information content (AvgIpc) is 2.58. The number of carbonyl (C=O) groups is 1. The lowest BCUT2D eigenvalue weighted by molar-refractivity contribution is -0.122. The van der Waals surface area contributed by atoms with Crippen LogP contribution in [0.25, 0.3) is 11.1 Å². The first-order chi connectivity index (χ1) is 10.7. The summed E-state index contributed by atoms with van der Waals surface area (Å²) in [6, 6.07) is 5.71. The third-order valence-electron chi connectivity index (χ3n) is 3.99. The molecule has 3 rings (SSSR count). The van der Waals surface area contributed by atoms with Crippen molar-refractivity contribution < 1.29 is 4.79 Å². The highest BCUT2D eigenvalue weighted by Gasteiger charge is 2.21. The van der Waals surface area contributed by atoms with Gasteiger partial charge in [-0.15, -0.1) is 0 Å². The third kappa shape index (κ3) is 3.51. The van der Waals surface area contributed by atoms with Crippen molar-refractivity contribution in [3.63, 3.8) is 0 Å². The lowest BCUT2D eigenvalue weighted by atomic mass is 9.92. The molecule has 1 N–H and O–H groups in total. The van der Waals surface area contributed by atoms with Crippen LogP contribution in [0.5, 0.6) is 0 Å². The Morgan fingerprint density at radius 1 is 1.41 bits per heavy atom. The molecule has 0 bridgehead atoms. The first-order valence-electron chi connectivity index (χ1n) is 7.52. The molecule has 0 aromatic carbocycles. The highest BCUT2D eigenvalue weighted by molar-refractivity contribution is 6.33. The quantitative estimate of drug-likeness (QED) is 0.942. The lowest BCUT2D eigenvalue weighted by Gasteiger charge is -2.21. The van der Waals surface area contributed by atoms with Gasteiger partial charge in [-0.1, -0.05) is 17.7 Å². The molecule has 2 aromatic rings. The van der Waals surface area contributed by atoms with E-state index in [-0.39, 0.29) is 11.7 Å². The molecule has 3 heterocycles. The number of nitrogens with zero attached hydrogens (tertiary/aromatic N) is 2. The van der Waals surface area contributed by atoms with E-state index in [9.17, 15) is 4.79 Å². The van der Waals surface area contributed by atoms with Crippen molar-refractivity contribution in [2.75, 3.05) is 13.1 Å². The molecule has 0 amide bonds. The summed E-state index contributed by atoms with van der Waals surface area (Å²) < 4.78 is 0. The largest absolute Gasteiger partial charge is 0.316 e. The number of rotatable bonds is 4. The molecule has 22 heavy (non-hydrogen) atoms. The Labute approximate surface area is 134 Å². The van der Waals surface area contributed by atoms with E-state index in [4.69, 9.17) is 11.6 Å². The predicted molar refractivity (Wildman–Crippen MR) is 86.8 cm³/mol. The van der Waals surface area contributed by atoms with Gasteiger partial charge in [-0.25, -0.2) is 0 Å². The molecular weight excluding hydrogens is 298 g/mol. The number of carbonyl (C=O) groups excluding carboxylic acids is 1. The summed E-state index contributed by atoms with van der Waals surface area (Å²) in [5, 5.41) is 3.85. The Hall–Kier alpha value is -1.78. The van der Waals surface area contributed by atoms with E-state index < -0.39 is 0 Å². The molecule has 4 nitrogen and oxygen atoms in total. The van der Waals surface area contributed by atoms with Crippen LogP contribution in [0.1, 0.15) is 18.5 Å². The molecule has 5 heteroatoms. The van der Waals surface area contributed by atoms with Crippen LogP contribution in [0.2, 0.25) is 5.02 Å². The Morgan fingerprint density at radius 2 is 2.32 bits per heavy atom. The molecule has 1 aliphatic rings. The molecule has 0 unspecified atom stereocenters. The zero-order chi connectivity index (χ0) is 15.4. The Kier molecular flexibility index (Phi) is 4.80. The van der Waals surface area contributed by atoms with Gasteiger partial charge >= 0.3 is 0 Å². The highest BCUT2D eigenvalue weighted by atomic mass is 35.5. The topological polar surface area (TPSA) is 54.9 Å². The standard InChI is InChI=1S/C17H18ClN3O/c18-16-11-21-14(7-15(16)12-3-1-5-19-9-12)8-17(22)13-4-2-6-20-10-13/h1,3,5,7,9,11,13,20H,2,4,6,8,10H2/t13-/m1/s1. The van der Waals surface area contributed by atoms with Crippen molar-refractivity contribution in [3.05, 3.63) is 47.5 Å². The molecule has 0 aliphatic carbocycles. The van der Waals surface area contributed by atoms with Crippen LogP contribution >= 0.6 is 11.6 Å². The Balaban J connectivity index is 1.79. The second-order valence-electron chi connectivity index (χ2n) is 5.58. The second kappa shape index (κ2) is 6.99. The summed E-state index contributed by atoms with van der Waals surface area (Å²) in [6.07, 6.45) is 7.49.